The van der Waals surface area contributed by atoms with E-state index in [4.69, 9.17) is 15.6 Å². The number of rotatable bonds is 10. The van der Waals surface area contributed by atoms with Gasteiger partial charge in [0.05, 0.1) is 18.0 Å². The average Bonchev–Trinajstić information content (AvgIpc) is 3.25. The lowest BCUT2D eigenvalue weighted by atomic mass is 9.80. The van der Waals surface area contributed by atoms with Gasteiger partial charge in [-0.25, -0.2) is 0 Å². The topological polar surface area (TPSA) is 101 Å². The summed E-state index contributed by atoms with van der Waals surface area (Å²) in [5.74, 6) is 9.57. The molecule has 1 fully saturated rings. The van der Waals surface area contributed by atoms with Crippen LogP contribution in [0, 0.1) is 11.8 Å². The lowest BCUT2D eigenvalue weighted by Crippen LogP contribution is -2.53. The summed E-state index contributed by atoms with van der Waals surface area (Å²) >= 11 is 0. The van der Waals surface area contributed by atoms with Gasteiger partial charge in [0.15, 0.2) is 0 Å². The van der Waals surface area contributed by atoms with Crippen molar-refractivity contribution in [2.75, 3.05) is 19.6 Å². The van der Waals surface area contributed by atoms with E-state index in [9.17, 15) is 4.79 Å². The van der Waals surface area contributed by atoms with Crippen LogP contribution < -0.4 is 21.2 Å². The van der Waals surface area contributed by atoms with Crippen LogP contribution in [0.2, 0.25) is 0 Å². The van der Waals surface area contributed by atoms with E-state index in [1.54, 1.807) is 13.1 Å². The van der Waals surface area contributed by atoms with Gasteiger partial charge in [-0.1, -0.05) is 36.4 Å². The Labute approximate surface area is 224 Å². The maximum absolute atomic E-state index is 11.0. The third kappa shape index (κ3) is 5.93. The fourth-order valence-electron chi connectivity index (χ4n) is 5.45. The molecule has 0 radical (unpaired) electrons. The maximum Gasteiger partial charge on any atom is 0.265 e. The summed E-state index contributed by atoms with van der Waals surface area (Å²) in [4.78, 5) is 20.6. The molecular formula is C30H37N6O2+. The van der Waals surface area contributed by atoms with Crippen molar-refractivity contribution in [2.24, 2.45) is 27.7 Å². The second-order valence-electron chi connectivity index (χ2n) is 10.3. The quantitative estimate of drug-likeness (QED) is 0.254. The number of benzene rings is 2. The second-order valence-corrected chi connectivity index (χ2v) is 10.3. The van der Waals surface area contributed by atoms with Crippen LogP contribution in [0.4, 0.5) is 0 Å². The number of fused-ring (bicyclic) bond motifs is 1. The number of amides is 1. The minimum Gasteiger partial charge on any atom is -0.489 e. The normalized spacial score (nSPS) is 24.2. The average molecular weight is 514 g/mol. The zero-order valence-corrected chi connectivity index (χ0v) is 22.0. The Hall–Kier alpha value is -3.59. The molecule has 0 saturated heterocycles. The molecule has 1 atom stereocenters. The van der Waals surface area contributed by atoms with Gasteiger partial charge in [-0.15, -0.1) is 4.59 Å². The third-order valence-corrected chi connectivity index (χ3v) is 7.51. The molecule has 5 rings (SSSR count). The Kier molecular flexibility index (Phi) is 8.12. The summed E-state index contributed by atoms with van der Waals surface area (Å²) in [6, 6.07) is 18.2. The number of carbonyl (C=O) groups excluding carboxylic acids is 1. The summed E-state index contributed by atoms with van der Waals surface area (Å²) < 4.78 is 6.12. The summed E-state index contributed by atoms with van der Waals surface area (Å²) in [7, 11) is 0. The highest BCUT2D eigenvalue weighted by Crippen LogP contribution is 2.41. The standard InChI is InChI=1S/C30H36N6O2/c1-22(37)34-15-14-32-19-23-10-12-25(13-11-23)29-28-20-33-16-17-36(28,31)30(35-29)26-8-5-9-27(18-26)38-21-24-6-3-2-4-7-24/h2-9,16-18,20,23,25,32H,10-15,19,21,31H2,1H3/p+1. The third-order valence-electron chi connectivity index (χ3n) is 7.51. The molecule has 0 aromatic heterocycles. The molecule has 2 aromatic rings. The van der Waals surface area contributed by atoms with Crippen molar-refractivity contribution >= 4 is 18.0 Å². The van der Waals surface area contributed by atoms with Crippen LogP contribution in [0.25, 0.3) is 0 Å². The monoisotopic (exact) mass is 513 g/mol. The minimum atomic E-state index is 0.0141. The van der Waals surface area contributed by atoms with Crippen LogP contribution in [0.1, 0.15) is 43.7 Å². The van der Waals surface area contributed by atoms with Gasteiger partial charge in [0.2, 0.25) is 11.6 Å². The van der Waals surface area contributed by atoms with Crippen molar-refractivity contribution in [3.05, 3.63) is 89.5 Å². The van der Waals surface area contributed by atoms with Gasteiger partial charge in [0.1, 0.15) is 24.3 Å². The Morgan fingerprint density at radius 3 is 2.68 bits per heavy atom. The zero-order valence-electron chi connectivity index (χ0n) is 22.0. The largest absolute Gasteiger partial charge is 0.489 e. The van der Waals surface area contributed by atoms with Crippen molar-refractivity contribution < 1.29 is 14.1 Å². The van der Waals surface area contributed by atoms with Gasteiger partial charge in [-0.3, -0.25) is 9.79 Å². The number of nitrogens with two attached hydrogens (primary N) is 1. The number of hydrogen-bond donors (Lipinski definition) is 3. The van der Waals surface area contributed by atoms with Gasteiger partial charge in [0.25, 0.3) is 5.84 Å². The number of aliphatic imine (C=N–C) groups is 2. The molecule has 0 bridgehead atoms. The molecule has 0 spiro atoms. The first kappa shape index (κ1) is 26.0. The summed E-state index contributed by atoms with van der Waals surface area (Å²) in [5, 5.41) is 6.31. The van der Waals surface area contributed by atoms with Gasteiger partial charge in [-0.2, -0.15) is 10.8 Å². The first-order valence-corrected chi connectivity index (χ1v) is 13.5. The SMILES string of the molecule is CC(=O)NCCNCC1CCC(C2=C3C=NC=C[N+]3(N)C(c3cccc(OCc4ccccc4)c3)=N2)CC1. The highest BCUT2D eigenvalue weighted by molar-refractivity contribution is 6.00. The Morgan fingerprint density at radius 2 is 1.89 bits per heavy atom. The molecule has 1 amide bonds. The summed E-state index contributed by atoms with van der Waals surface area (Å²) in [6.07, 6.45) is 9.96. The molecule has 1 aliphatic carbocycles. The fourth-order valence-corrected chi connectivity index (χ4v) is 5.45. The van der Waals surface area contributed by atoms with Gasteiger partial charge in [0, 0.05) is 25.9 Å². The molecule has 1 saturated carbocycles. The fraction of sp³-hybridized carbons (Fsp3) is 0.367. The molecular weight excluding hydrogens is 476 g/mol. The van der Waals surface area contributed by atoms with E-state index in [0.29, 0.717) is 25.0 Å². The van der Waals surface area contributed by atoms with Crippen LogP contribution in [0.3, 0.4) is 0 Å². The Balaban J connectivity index is 1.26. The predicted octanol–water partition coefficient (Wildman–Crippen LogP) is 4.02. The molecule has 2 heterocycles. The minimum absolute atomic E-state index is 0.0141. The number of nitrogens with zero attached hydrogens (tertiary/aromatic N) is 3. The molecule has 8 heteroatoms. The van der Waals surface area contributed by atoms with Crippen molar-refractivity contribution in [2.45, 2.75) is 39.2 Å². The van der Waals surface area contributed by atoms with E-state index < -0.39 is 0 Å². The molecule has 8 nitrogen and oxygen atoms in total. The highest BCUT2D eigenvalue weighted by Gasteiger charge is 2.46. The number of ether oxygens (including phenoxy) is 1. The van der Waals surface area contributed by atoms with E-state index in [2.05, 4.69) is 27.8 Å². The molecule has 198 valence electrons. The van der Waals surface area contributed by atoms with Crippen LogP contribution in [-0.4, -0.2) is 42.2 Å². The molecule has 2 aliphatic heterocycles. The van der Waals surface area contributed by atoms with Crippen molar-refractivity contribution in [3.63, 3.8) is 0 Å². The lowest BCUT2D eigenvalue weighted by Gasteiger charge is -2.29. The molecule has 3 aliphatic rings. The van der Waals surface area contributed by atoms with Crippen molar-refractivity contribution in [1.82, 2.24) is 10.6 Å². The van der Waals surface area contributed by atoms with Crippen molar-refractivity contribution in [3.8, 4) is 5.75 Å². The maximum atomic E-state index is 11.0. The summed E-state index contributed by atoms with van der Waals surface area (Å²) in [6.45, 7) is 4.49. The second kappa shape index (κ2) is 11.9. The molecule has 38 heavy (non-hydrogen) atoms. The van der Waals surface area contributed by atoms with E-state index >= 15 is 0 Å². The van der Waals surface area contributed by atoms with Gasteiger partial charge < -0.3 is 15.4 Å². The van der Waals surface area contributed by atoms with Crippen LogP contribution >= 0.6 is 0 Å². The van der Waals surface area contributed by atoms with Crippen LogP contribution in [0.5, 0.6) is 5.75 Å². The number of carbonyl (C=O) groups is 1. The van der Waals surface area contributed by atoms with E-state index in [1.807, 2.05) is 54.9 Å². The van der Waals surface area contributed by atoms with Crippen molar-refractivity contribution in [1.29, 1.82) is 0 Å². The predicted molar refractivity (Wildman–Crippen MR) is 150 cm³/mol. The Morgan fingerprint density at radius 1 is 1.08 bits per heavy atom. The highest BCUT2D eigenvalue weighted by atomic mass is 16.5. The molecule has 4 N–H and O–H groups in total. The number of allylic oxidation sites excluding steroid dienone is 2. The van der Waals surface area contributed by atoms with Crippen LogP contribution in [-0.2, 0) is 11.4 Å². The number of nitrogens with one attached hydrogen (secondary N) is 2. The smallest absolute Gasteiger partial charge is 0.265 e. The Bertz CT molecular complexity index is 1260. The van der Waals surface area contributed by atoms with E-state index in [1.165, 1.54) is 0 Å². The van der Waals surface area contributed by atoms with Gasteiger partial charge in [-0.05, 0) is 61.9 Å². The first-order valence-electron chi connectivity index (χ1n) is 13.5. The zero-order chi connectivity index (χ0) is 26.4. The first-order chi connectivity index (χ1) is 18.5. The lowest BCUT2D eigenvalue weighted by molar-refractivity contribution is -0.750. The number of hydrogen-bond acceptors (Lipinski definition) is 6. The summed E-state index contributed by atoms with van der Waals surface area (Å²) in [5.41, 5.74) is 4.08. The number of quaternary nitrogens is 1. The van der Waals surface area contributed by atoms with E-state index in [-0.39, 0.29) is 10.5 Å². The van der Waals surface area contributed by atoms with E-state index in [0.717, 1.165) is 72.9 Å². The number of amidine groups is 1. The molecule has 2 aromatic carbocycles. The molecule has 1 unspecified atom stereocenters. The van der Waals surface area contributed by atoms with Gasteiger partial charge >= 0.3 is 0 Å². The van der Waals surface area contributed by atoms with Crippen LogP contribution in [0.15, 0.2) is 88.4 Å².